The lowest BCUT2D eigenvalue weighted by Crippen LogP contribution is -2.33. The molecule has 0 aliphatic carbocycles. The predicted molar refractivity (Wildman–Crippen MR) is 121 cm³/mol. The molecule has 0 radical (unpaired) electrons. The number of pyridine rings is 3. The normalized spacial score (nSPS) is 17.1. The van der Waals surface area contributed by atoms with Crippen molar-refractivity contribution in [3.63, 3.8) is 0 Å². The van der Waals surface area contributed by atoms with Crippen LogP contribution in [0.3, 0.4) is 0 Å². The molecule has 6 heterocycles. The molecule has 0 aromatic carbocycles. The van der Waals surface area contributed by atoms with Gasteiger partial charge >= 0.3 is 0 Å². The van der Waals surface area contributed by atoms with Crippen molar-refractivity contribution in [3.05, 3.63) is 71.8 Å². The van der Waals surface area contributed by atoms with E-state index in [-0.39, 0.29) is 5.91 Å². The molecule has 166 valence electrons. The predicted octanol–water partition coefficient (Wildman–Crippen LogP) is 2.78. The Balaban J connectivity index is 1.34. The van der Waals surface area contributed by atoms with Gasteiger partial charge in [-0.1, -0.05) is 12.1 Å². The lowest BCUT2D eigenvalue weighted by atomic mass is 9.87. The summed E-state index contributed by atoms with van der Waals surface area (Å²) in [7, 11) is 0. The number of carbonyl (C=O) groups is 1. The van der Waals surface area contributed by atoms with Gasteiger partial charge in [-0.25, -0.2) is 9.97 Å². The number of anilines is 2. The number of amides is 1. The van der Waals surface area contributed by atoms with Crippen LogP contribution in [0.4, 0.5) is 11.5 Å². The van der Waals surface area contributed by atoms with E-state index in [1.807, 2.05) is 34.9 Å². The van der Waals surface area contributed by atoms with Gasteiger partial charge in [0.2, 0.25) is 0 Å². The Morgan fingerprint density at radius 1 is 1.06 bits per heavy atom. The van der Waals surface area contributed by atoms with Crippen molar-refractivity contribution in [2.75, 3.05) is 18.5 Å². The average molecular weight is 442 g/mol. The molecule has 9 heteroatoms. The number of ether oxygens (including phenoxy) is 1. The third-order valence-corrected chi connectivity index (χ3v) is 6.38. The number of hydrogen-bond donors (Lipinski definition) is 3. The summed E-state index contributed by atoms with van der Waals surface area (Å²) in [6.45, 7) is 1.46. The summed E-state index contributed by atoms with van der Waals surface area (Å²) in [5, 5.41) is 17.0. The van der Waals surface area contributed by atoms with E-state index in [1.165, 1.54) is 0 Å². The van der Waals surface area contributed by atoms with Gasteiger partial charge in [0.05, 0.1) is 40.6 Å². The quantitative estimate of drug-likeness (QED) is 0.445. The standard InChI is InChI=1S/C24H22N6O3/c31-23-21-16(12-28-23)22(18-14-26-20-3-1-2-8-30(18)20)27-13-17(21)29-19-5-4-15(11-25-19)24(32)6-9-33-10-7-24/h1-5,8,11,13-14,32H,6-7,9-10,12H2,(H,25,29)(H,28,31). The summed E-state index contributed by atoms with van der Waals surface area (Å²) < 4.78 is 7.32. The molecule has 4 aromatic rings. The molecule has 0 bridgehead atoms. The Hall–Kier alpha value is -3.82. The third kappa shape index (κ3) is 3.33. The van der Waals surface area contributed by atoms with E-state index in [4.69, 9.17) is 4.74 Å². The number of fused-ring (bicyclic) bond motifs is 2. The lowest BCUT2D eigenvalue weighted by Gasteiger charge is -2.32. The summed E-state index contributed by atoms with van der Waals surface area (Å²) >= 11 is 0. The van der Waals surface area contributed by atoms with Crippen molar-refractivity contribution < 1.29 is 14.6 Å². The van der Waals surface area contributed by atoms with Crippen molar-refractivity contribution >= 4 is 23.1 Å². The van der Waals surface area contributed by atoms with Crippen LogP contribution in [0.5, 0.6) is 0 Å². The fraction of sp³-hybridized carbons (Fsp3) is 0.250. The van der Waals surface area contributed by atoms with E-state index in [0.717, 1.165) is 28.2 Å². The molecule has 3 N–H and O–H groups in total. The number of rotatable bonds is 4. The minimum absolute atomic E-state index is 0.155. The molecule has 6 rings (SSSR count). The Morgan fingerprint density at radius 2 is 1.94 bits per heavy atom. The zero-order valence-corrected chi connectivity index (χ0v) is 17.8. The fourth-order valence-corrected chi connectivity index (χ4v) is 4.54. The highest BCUT2D eigenvalue weighted by molar-refractivity contribution is 6.05. The number of nitrogens with one attached hydrogen (secondary N) is 2. The van der Waals surface area contributed by atoms with E-state index in [0.29, 0.717) is 49.7 Å². The molecule has 0 unspecified atom stereocenters. The molecule has 1 amide bonds. The van der Waals surface area contributed by atoms with E-state index in [1.54, 1.807) is 24.7 Å². The van der Waals surface area contributed by atoms with Gasteiger partial charge in [0, 0.05) is 56.1 Å². The van der Waals surface area contributed by atoms with Gasteiger partial charge in [-0.3, -0.25) is 14.2 Å². The highest BCUT2D eigenvalue weighted by atomic mass is 16.5. The van der Waals surface area contributed by atoms with Crippen molar-refractivity contribution in [1.29, 1.82) is 0 Å². The maximum Gasteiger partial charge on any atom is 0.254 e. The van der Waals surface area contributed by atoms with Crippen molar-refractivity contribution in [2.45, 2.75) is 25.0 Å². The smallest absolute Gasteiger partial charge is 0.254 e. The molecular formula is C24H22N6O3. The van der Waals surface area contributed by atoms with Crippen LogP contribution in [-0.4, -0.2) is 43.6 Å². The molecule has 0 atom stereocenters. The monoisotopic (exact) mass is 442 g/mol. The Labute approximate surface area is 189 Å². The van der Waals surface area contributed by atoms with Crippen LogP contribution in [0.15, 0.2) is 55.1 Å². The van der Waals surface area contributed by atoms with Gasteiger partial charge in [0.15, 0.2) is 0 Å². The van der Waals surface area contributed by atoms with Crippen LogP contribution < -0.4 is 10.6 Å². The first-order valence-electron chi connectivity index (χ1n) is 10.9. The molecule has 0 saturated carbocycles. The molecular weight excluding hydrogens is 420 g/mol. The fourth-order valence-electron chi connectivity index (χ4n) is 4.54. The first kappa shape index (κ1) is 19.8. The minimum atomic E-state index is -0.915. The first-order chi connectivity index (χ1) is 16.1. The van der Waals surface area contributed by atoms with E-state index in [2.05, 4.69) is 25.6 Å². The minimum Gasteiger partial charge on any atom is -0.385 e. The maximum atomic E-state index is 12.7. The number of nitrogens with zero attached hydrogens (tertiary/aromatic N) is 4. The van der Waals surface area contributed by atoms with Gasteiger partial charge in [0.25, 0.3) is 5.91 Å². The van der Waals surface area contributed by atoms with Gasteiger partial charge in [-0.15, -0.1) is 0 Å². The second-order valence-corrected chi connectivity index (χ2v) is 8.33. The first-order valence-corrected chi connectivity index (χ1v) is 10.9. The van der Waals surface area contributed by atoms with Crippen LogP contribution in [0.25, 0.3) is 17.0 Å². The number of aromatic nitrogens is 4. The average Bonchev–Trinajstić information content (AvgIpc) is 3.45. The number of hydrogen-bond acceptors (Lipinski definition) is 7. The molecule has 2 aliphatic heterocycles. The van der Waals surface area contributed by atoms with Crippen LogP contribution >= 0.6 is 0 Å². The topological polar surface area (TPSA) is 114 Å². The zero-order chi connectivity index (χ0) is 22.4. The van der Waals surface area contributed by atoms with Crippen LogP contribution in [0.1, 0.15) is 34.3 Å². The molecule has 9 nitrogen and oxygen atoms in total. The van der Waals surface area contributed by atoms with E-state index in [9.17, 15) is 9.90 Å². The SMILES string of the molecule is O=C1NCc2c(-c3cnc4ccccn34)ncc(Nc3ccc(C4(O)CCOCC4)cn3)c21. The third-order valence-electron chi connectivity index (χ3n) is 6.38. The van der Waals surface area contributed by atoms with Gasteiger partial charge in [0.1, 0.15) is 11.5 Å². The second-order valence-electron chi connectivity index (χ2n) is 8.33. The summed E-state index contributed by atoms with van der Waals surface area (Å²) in [6, 6.07) is 9.46. The number of imidazole rings is 1. The molecule has 0 spiro atoms. The van der Waals surface area contributed by atoms with E-state index >= 15 is 0 Å². The van der Waals surface area contributed by atoms with E-state index < -0.39 is 5.60 Å². The molecule has 1 fully saturated rings. The maximum absolute atomic E-state index is 12.7. The molecule has 33 heavy (non-hydrogen) atoms. The largest absolute Gasteiger partial charge is 0.385 e. The summed E-state index contributed by atoms with van der Waals surface area (Å²) in [5.41, 5.74) is 4.18. The Kier molecular flexibility index (Phi) is 4.60. The number of carbonyl (C=O) groups excluding carboxylic acids is 1. The van der Waals surface area contributed by atoms with Gasteiger partial charge < -0.3 is 20.5 Å². The highest BCUT2D eigenvalue weighted by Gasteiger charge is 2.32. The number of aliphatic hydroxyl groups is 1. The molecule has 1 saturated heterocycles. The Bertz CT molecular complexity index is 1360. The summed E-state index contributed by atoms with van der Waals surface area (Å²) in [5.74, 6) is 0.416. The second kappa shape index (κ2) is 7.65. The zero-order valence-electron chi connectivity index (χ0n) is 17.8. The summed E-state index contributed by atoms with van der Waals surface area (Å²) in [6.07, 6.45) is 8.12. The van der Waals surface area contributed by atoms with Crippen LogP contribution in [0, 0.1) is 0 Å². The van der Waals surface area contributed by atoms with Crippen molar-refractivity contribution in [3.8, 4) is 11.4 Å². The van der Waals surface area contributed by atoms with Gasteiger partial charge in [-0.05, 0) is 18.2 Å². The van der Waals surface area contributed by atoms with Gasteiger partial charge in [-0.2, -0.15) is 0 Å². The highest BCUT2D eigenvalue weighted by Crippen LogP contribution is 2.35. The molecule has 2 aliphatic rings. The Morgan fingerprint density at radius 3 is 2.76 bits per heavy atom. The van der Waals surface area contributed by atoms with Crippen molar-refractivity contribution in [2.24, 2.45) is 0 Å². The van der Waals surface area contributed by atoms with Crippen LogP contribution in [-0.2, 0) is 16.9 Å². The van der Waals surface area contributed by atoms with Crippen LogP contribution in [0.2, 0.25) is 0 Å². The molecule has 4 aromatic heterocycles. The summed E-state index contributed by atoms with van der Waals surface area (Å²) in [4.78, 5) is 26.3. The lowest BCUT2D eigenvalue weighted by molar-refractivity contribution is -0.0680. The van der Waals surface area contributed by atoms with Crippen molar-refractivity contribution in [1.82, 2.24) is 24.7 Å².